The number of aromatic nitrogens is 1. The smallest absolute Gasteiger partial charge is 0.341 e. The molecule has 0 unspecified atom stereocenters. The van der Waals surface area contributed by atoms with Crippen molar-refractivity contribution < 1.29 is 14.3 Å². The summed E-state index contributed by atoms with van der Waals surface area (Å²) in [7, 11) is 1.39. The molecule has 5 heteroatoms. The fourth-order valence-electron chi connectivity index (χ4n) is 2.42. The van der Waals surface area contributed by atoms with Crippen molar-refractivity contribution in [2.75, 3.05) is 31.7 Å². The predicted molar refractivity (Wildman–Crippen MR) is 72.4 cm³/mol. The number of pyridine rings is 1. The second-order valence-corrected chi connectivity index (χ2v) is 4.53. The fourth-order valence-corrected chi connectivity index (χ4v) is 2.42. The summed E-state index contributed by atoms with van der Waals surface area (Å²) in [5, 5.41) is 0. The molecule has 0 aromatic carbocycles. The van der Waals surface area contributed by atoms with Crippen LogP contribution in [0.2, 0.25) is 0 Å². The summed E-state index contributed by atoms with van der Waals surface area (Å²) >= 11 is 0. The Kier molecular flexibility index (Phi) is 4.74. The summed E-state index contributed by atoms with van der Waals surface area (Å²) < 4.78 is 10.5. The zero-order chi connectivity index (χ0) is 13.7. The number of piperidine rings is 1. The highest BCUT2D eigenvalue weighted by molar-refractivity contribution is 5.94. The summed E-state index contributed by atoms with van der Waals surface area (Å²) in [5.41, 5.74) is 0.516. The van der Waals surface area contributed by atoms with Gasteiger partial charge < -0.3 is 14.4 Å². The first kappa shape index (κ1) is 13.8. The van der Waals surface area contributed by atoms with E-state index in [4.69, 9.17) is 9.47 Å². The van der Waals surface area contributed by atoms with E-state index in [0.29, 0.717) is 18.0 Å². The van der Waals surface area contributed by atoms with E-state index in [-0.39, 0.29) is 12.1 Å². The maximum atomic E-state index is 11.8. The van der Waals surface area contributed by atoms with Crippen LogP contribution in [0.5, 0.6) is 0 Å². The third-order valence-corrected chi connectivity index (χ3v) is 3.27. The van der Waals surface area contributed by atoms with Crippen LogP contribution < -0.4 is 4.90 Å². The number of anilines is 1. The van der Waals surface area contributed by atoms with Crippen LogP contribution in [0.1, 0.15) is 30.1 Å². The van der Waals surface area contributed by atoms with Gasteiger partial charge >= 0.3 is 5.97 Å². The van der Waals surface area contributed by atoms with Crippen LogP contribution in [0.15, 0.2) is 18.3 Å². The Bertz CT molecular complexity index is 434. The third kappa shape index (κ3) is 3.23. The zero-order valence-electron chi connectivity index (χ0n) is 11.5. The molecule has 1 aromatic heterocycles. The minimum atomic E-state index is -0.346. The molecule has 0 aliphatic carbocycles. The van der Waals surface area contributed by atoms with Crippen LogP contribution >= 0.6 is 0 Å². The molecule has 1 saturated heterocycles. The van der Waals surface area contributed by atoms with Crippen LogP contribution in [0.3, 0.4) is 0 Å². The van der Waals surface area contributed by atoms with Crippen molar-refractivity contribution in [3.8, 4) is 0 Å². The van der Waals surface area contributed by atoms with Gasteiger partial charge in [-0.2, -0.15) is 0 Å². The number of carbonyl (C=O) groups is 1. The maximum absolute atomic E-state index is 11.8. The van der Waals surface area contributed by atoms with Crippen molar-refractivity contribution in [3.63, 3.8) is 0 Å². The molecule has 1 fully saturated rings. The molecule has 0 saturated carbocycles. The molecule has 0 spiro atoms. The van der Waals surface area contributed by atoms with Gasteiger partial charge in [-0.05, 0) is 31.9 Å². The van der Waals surface area contributed by atoms with Crippen molar-refractivity contribution in [1.82, 2.24) is 4.98 Å². The van der Waals surface area contributed by atoms with Gasteiger partial charge in [-0.1, -0.05) is 0 Å². The minimum absolute atomic E-state index is 0.214. The highest BCUT2D eigenvalue weighted by Gasteiger charge is 2.24. The lowest BCUT2D eigenvalue weighted by molar-refractivity contribution is 0.0519. The first-order valence-corrected chi connectivity index (χ1v) is 6.66. The summed E-state index contributed by atoms with van der Waals surface area (Å²) in [6.45, 7) is 4.38. The first-order chi connectivity index (χ1) is 9.26. The SMILES string of the molecule is CCO[C@@H]1CCCN(c2ncccc2C(=O)OC)C1. The molecule has 1 aliphatic rings. The van der Waals surface area contributed by atoms with Gasteiger partial charge in [-0.15, -0.1) is 0 Å². The lowest BCUT2D eigenvalue weighted by atomic mass is 10.1. The largest absolute Gasteiger partial charge is 0.465 e. The van der Waals surface area contributed by atoms with Crippen molar-refractivity contribution in [2.45, 2.75) is 25.9 Å². The predicted octanol–water partition coefficient (Wildman–Crippen LogP) is 1.87. The zero-order valence-corrected chi connectivity index (χ0v) is 11.5. The first-order valence-electron chi connectivity index (χ1n) is 6.66. The van der Waals surface area contributed by atoms with Crippen LogP contribution in [-0.4, -0.2) is 43.9 Å². The molecule has 0 amide bonds. The summed E-state index contributed by atoms with van der Waals surface area (Å²) in [5.74, 6) is 0.348. The monoisotopic (exact) mass is 264 g/mol. The number of methoxy groups -OCH3 is 1. The maximum Gasteiger partial charge on any atom is 0.341 e. The van der Waals surface area contributed by atoms with E-state index < -0.39 is 0 Å². The van der Waals surface area contributed by atoms with Crippen molar-refractivity contribution in [2.24, 2.45) is 0 Å². The second-order valence-electron chi connectivity index (χ2n) is 4.53. The van der Waals surface area contributed by atoms with Gasteiger partial charge in [0.25, 0.3) is 0 Å². The Morgan fingerprint density at radius 3 is 3.16 bits per heavy atom. The fraction of sp³-hybridized carbons (Fsp3) is 0.571. The Hall–Kier alpha value is -1.62. The standard InChI is InChI=1S/C14H20N2O3/c1-3-19-11-6-5-9-16(10-11)13-12(14(17)18-2)7-4-8-15-13/h4,7-8,11H,3,5-6,9-10H2,1-2H3/t11-/m1/s1. The quantitative estimate of drug-likeness (QED) is 0.777. The van der Waals surface area contributed by atoms with Gasteiger partial charge in [0.2, 0.25) is 0 Å². The molecule has 1 aliphatic heterocycles. The van der Waals surface area contributed by atoms with Crippen molar-refractivity contribution in [1.29, 1.82) is 0 Å². The molecule has 5 nitrogen and oxygen atoms in total. The lowest BCUT2D eigenvalue weighted by Crippen LogP contribution is -2.40. The normalized spacial score (nSPS) is 19.3. The van der Waals surface area contributed by atoms with E-state index in [2.05, 4.69) is 9.88 Å². The van der Waals surface area contributed by atoms with Crippen LogP contribution in [0.25, 0.3) is 0 Å². The van der Waals surface area contributed by atoms with Gasteiger partial charge in [0, 0.05) is 25.9 Å². The molecule has 0 N–H and O–H groups in total. The molecule has 2 heterocycles. The molecule has 19 heavy (non-hydrogen) atoms. The summed E-state index contributed by atoms with van der Waals surface area (Å²) in [6.07, 6.45) is 4.02. The van der Waals surface area contributed by atoms with E-state index in [1.54, 1.807) is 18.3 Å². The topological polar surface area (TPSA) is 51.7 Å². The Morgan fingerprint density at radius 2 is 2.42 bits per heavy atom. The molecule has 104 valence electrons. The average Bonchev–Trinajstić information content (AvgIpc) is 2.47. The van der Waals surface area contributed by atoms with Gasteiger partial charge in [0.15, 0.2) is 0 Å². The highest BCUT2D eigenvalue weighted by atomic mass is 16.5. The molecule has 1 atom stereocenters. The highest BCUT2D eigenvalue weighted by Crippen LogP contribution is 2.23. The van der Waals surface area contributed by atoms with Crippen LogP contribution in [0.4, 0.5) is 5.82 Å². The summed E-state index contributed by atoms with van der Waals surface area (Å²) in [6, 6.07) is 3.50. The number of esters is 1. The number of rotatable bonds is 4. The van der Waals surface area contributed by atoms with Crippen LogP contribution in [0, 0.1) is 0 Å². The van der Waals surface area contributed by atoms with Crippen molar-refractivity contribution >= 4 is 11.8 Å². The van der Waals surface area contributed by atoms with Gasteiger partial charge in [-0.3, -0.25) is 0 Å². The Balaban J connectivity index is 2.19. The third-order valence-electron chi connectivity index (χ3n) is 3.27. The molecule has 2 rings (SSSR count). The molecule has 1 aromatic rings. The number of carbonyl (C=O) groups excluding carboxylic acids is 1. The van der Waals surface area contributed by atoms with Gasteiger partial charge in [0.05, 0.1) is 13.2 Å². The van der Waals surface area contributed by atoms with Gasteiger partial charge in [-0.25, -0.2) is 9.78 Å². The number of nitrogens with zero attached hydrogens (tertiary/aromatic N) is 2. The van der Waals surface area contributed by atoms with Crippen molar-refractivity contribution in [3.05, 3.63) is 23.9 Å². The van der Waals surface area contributed by atoms with Crippen LogP contribution in [-0.2, 0) is 9.47 Å². The molecular formula is C14H20N2O3. The van der Waals surface area contributed by atoms with E-state index in [0.717, 1.165) is 25.9 Å². The molecular weight excluding hydrogens is 244 g/mol. The number of hydrogen-bond donors (Lipinski definition) is 0. The van der Waals surface area contributed by atoms with E-state index >= 15 is 0 Å². The average molecular weight is 264 g/mol. The molecule has 0 bridgehead atoms. The van der Waals surface area contributed by atoms with E-state index in [9.17, 15) is 4.79 Å². The second kappa shape index (κ2) is 6.52. The van der Waals surface area contributed by atoms with Gasteiger partial charge in [0.1, 0.15) is 11.4 Å². The number of hydrogen-bond acceptors (Lipinski definition) is 5. The lowest BCUT2D eigenvalue weighted by Gasteiger charge is -2.33. The molecule has 0 radical (unpaired) electrons. The number of ether oxygens (including phenoxy) is 2. The minimum Gasteiger partial charge on any atom is -0.465 e. The van der Waals surface area contributed by atoms with E-state index in [1.807, 2.05) is 6.92 Å². The summed E-state index contributed by atoms with van der Waals surface area (Å²) in [4.78, 5) is 18.2. The Morgan fingerprint density at radius 1 is 1.58 bits per heavy atom. The Labute approximate surface area is 113 Å². The van der Waals surface area contributed by atoms with E-state index in [1.165, 1.54) is 7.11 Å².